The first-order valence-electron chi connectivity index (χ1n) is 8.07. The van der Waals surface area contributed by atoms with Crippen molar-refractivity contribution in [3.63, 3.8) is 0 Å². The number of carbonyl (C=O) groups is 1. The molecule has 0 fully saturated rings. The Kier molecular flexibility index (Phi) is 5.30. The highest BCUT2D eigenvalue weighted by Crippen LogP contribution is 2.33. The fourth-order valence-corrected chi connectivity index (χ4v) is 3.05. The number of rotatable bonds is 4. The molecule has 0 aliphatic carbocycles. The monoisotopic (exact) mass is 378 g/mol. The van der Waals surface area contributed by atoms with Gasteiger partial charge in [-0.15, -0.1) is 0 Å². The first-order valence-corrected chi connectivity index (χ1v) is 8.45. The van der Waals surface area contributed by atoms with Crippen molar-refractivity contribution in [2.75, 3.05) is 5.32 Å². The predicted molar refractivity (Wildman–Crippen MR) is 103 cm³/mol. The molecule has 0 aliphatic heterocycles. The highest BCUT2D eigenvalue weighted by molar-refractivity contribution is 6.32. The molecule has 0 saturated carbocycles. The normalized spacial score (nSPS) is 11.4. The fourth-order valence-electron chi connectivity index (χ4n) is 2.76. The maximum Gasteiger partial charge on any atom is 0.263 e. The van der Waals surface area contributed by atoms with E-state index in [4.69, 9.17) is 11.6 Å². The van der Waals surface area contributed by atoms with Gasteiger partial charge in [0, 0.05) is 10.7 Å². The molecule has 0 saturated heterocycles. The zero-order valence-corrected chi connectivity index (χ0v) is 14.8. The van der Waals surface area contributed by atoms with Crippen LogP contribution in [0, 0.1) is 11.3 Å². The molecule has 3 aromatic rings. The lowest BCUT2D eigenvalue weighted by atomic mass is 9.92. The van der Waals surface area contributed by atoms with Gasteiger partial charge in [-0.25, -0.2) is 0 Å². The number of carbonyl (C=O) groups excluding carboxylic acids is 1. The van der Waals surface area contributed by atoms with Crippen LogP contribution in [0.3, 0.4) is 0 Å². The van der Waals surface area contributed by atoms with Gasteiger partial charge < -0.3 is 15.5 Å². The molecule has 0 aliphatic rings. The van der Waals surface area contributed by atoms with Crippen molar-refractivity contribution in [2.45, 2.75) is 5.92 Å². The Hall–Kier alpha value is -3.49. The van der Waals surface area contributed by atoms with E-state index in [-0.39, 0.29) is 17.1 Å². The summed E-state index contributed by atoms with van der Waals surface area (Å²) in [5.74, 6) is -1.87. The average molecular weight is 379 g/mol. The summed E-state index contributed by atoms with van der Waals surface area (Å²) in [6.45, 7) is 0. The van der Waals surface area contributed by atoms with Crippen LogP contribution in [-0.2, 0) is 0 Å². The van der Waals surface area contributed by atoms with Crippen LogP contribution in [-0.4, -0.2) is 16.1 Å². The number of nitrogens with zero attached hydrogens (tertiary/aromatic N) is 1. The number of benzene rings is 3. The van der Waals surface area contributed by atoms with Gasteiger partial charge in [0.05, 0.1) is 12.0 Å². The van der Waals surface area contributed by atoms with Crippen LogP contribution in [0.5, 0.6) is 11.5 Å². The molecule has 3 aromatic carbocycles. The van der Waals surface area contributed by atoms with E-state index in [0.29, 0.717) is 16.3 Å². The SMILES string of the molecule is N#CC(c1ccccc1)c1ccc(NC(=O)c2c(O)cccc2O)cc1Cl. The van der Waals surface area contributed by atoms with Crippen LogP contribution in [0.4, 0.5) is 5.69 Å². The minimum absolute atomic E-state index is 0.225. The molecule has 0 heterocycles. The van der Waals surface area contributed by atoms with Crippen molar-refractivity contribution >= 4 is 23.2 Å². The minimum atomic E-state index is -0.672. The smallest absolute Gasteiger partial charge is 0.263 e. The molecule has 5 nitrogen and oxygen atoms in total. The predicted octanol–water partition coefficient (Wildman–Crippen LogP) is 4.66. The maximum absolute atomic E-state index is 12.3. The third kappa shape index (κ3) is 3.86. The second-order valence-electron chi connectivity index (χ2n) is 5.83. The number of anilines is 1. The van der Waals surface area contributed by atoms with Gasteiger partial charge in [0.2, 0.25) is 0 Å². The number of halogens is 1. The number of aromatic hydroxyl groups is 2. The Morgan fingerprint density at radius 2 is 1.67 bits per heavy atom. The molecule has 3 rings (SSSR count). The molecule has 3 N–H and O–H groups in total. The minimum Gasteiger partial charge on any atom is -0.507 e. The van der Waals surface area contributed by atoms with Crippen LogP contribution in [0.15, 0.2) is 66.7 Å². The molecule has 0 radical (unpaired) electrons. The highest BCUT2D eigenvalue weighted by atomic mass is 35.5. The van der Waals surface area contributed by atoms with E-state index >= 15 is 0 Å². The summed E-state index contributed by atoms with van der Waals surface area (Å²) in [5.41, 5.74) is 1.59. The third-order valence-corrected chi connectivity index (χ3v) is 4.41. The Balaban J connectivity index is 1.87. The molecular formula is C21H15ClN2O3. The molecular weight excluding hydrogens is 364 g/mol. The van der Waals surface area contributed by atoms with Crippen molar-refractivity contribution in [3.8, 4) is 17.6 Å². The third-order valence-electron chi connectivity index (χ3n) is 4.08. The summed E-state index contributed by atoms with van der Waals surface area (Å²) < 4.78 is 0. The summed E-state index contributed by atoms with van der Waals surface area (Å²) in [6.07, 6.45) is 0. The van der Waals surface area contributed by atoms with Crippen LogP contribution < -0.4 is 5.32 Å². The van der Waals surface area contributed by atoms with Crippen molar-refractivity contribution in [3.05, 3.63) is 88.4 Å². The first-order chi connectivity index (χ1) is 13.0. The number of phenolic OH excluding ortho intramolecular Hbond substituents is 2. The van der Waals surface area contributed by atoms with Gasteiger partial charge >= 0.3 is 0 Å². The van der Waals surface area contributed by atoms with Crippen molar-refractivity contribution < 1.29 is 15.0 Å². The Bertz CT molecular complexity index is 1010. The van der Waals surface area contributed by atoms with Gasteiger partial charge in [0.15, 0.2) is 0 Å². The van der Waals surface area contributed by atoms with E-state index < -0.39 is 11.8 Å². The molecule has 6 heteroatoms. The lowest BCUT2D eigenvalue weighted by Crippen LogP contribution is -2.12. The van der Waals surface area contributed by atoms with Gasteiger partial charge in [0.1, 0.15) is 17.1 Å². The second kappa shape index (κ2) is 7.81. The molecule has 27 heavy (non-hydrogen) atoms. The number of phenols is 2. The van der Waals surface area contributed by atoms with Gasteiger partial charge in [-0.3, -0.25) is 4.79 Å². The Labute approximate surface area is 161 Å². The van der Waals surface area contributed by atoms with Gasteiger partial charge in [-0.1, -0.05) is 54.1 Å². The standard InChI is InChI=1S/C21H15ClN2O3/c22-17-11-14(24-21(27)20-18(25)7-4-8-19(20)26)9-10-15(17)16(12-23)13-5-2-1-3-6-13/h1-11,16,25-26H,(H,24,27). The summed E-state index contributed by atoms with van der Waals surface area (Å²) in [4.78, 5) is 12.3. The highest BCUT2D eigenvalue weighted by Gasteiger charge is 2.19. The number of nitrogens with one attached hydrogen (secondary N) is 1. The number of nitriles is 1. The summed E-state index contributed by atoms with van der Waals surface area (Å²) in [6, 6.07) is 20.4. The molecule has 0 spiro atoms. The number of hydrogen-bond donors (Lipinski definition) is 3. The van der Waals surface area contributed by atoms with Gasteiger partial charge in [-0.2, -0.15) is 5.26 Å². The molecule has 0 bridgehead atoms. The number of hydrogen-bond acceptors (Lipinski definition) is 4. The van der Waals surface area contributed by atoms with E-state index in [9.17, 15) is 20.3 Å². The van der Waals surface area contributed by atoms with Crippen molar-refractivity contribution in [2.24, 2.45) is 0 Å². The summed E-state index contributed by atoms with van der Waals surface area (Å²) in [7, 11) is 0. The largest absolute Gasteiger partial charge is 0.507 e. The zero-order valence-electron chi connectivity index (χ0n) is 14.1. The van der Waals surface area contributed by atoms with Crippen LogP contribution in [0.25, 0.3) is 0 Å². The lowest BCUT2D eigenvalue weighted by Gasteiger charge is -2.14. The van der Waals surface area contributed by atoms with Crippen LogP contribution in [0.2, 0.25) is 5.02 Å². The Morgan fingerprint density at radius 3 is 2.26 bits per heavy atom. The van der Waals surface area contributed by atoms with Crippen molar-refractivity contribution in [1.29, 1.82) is 5.26 Å². The average Bonchev–Trinajstić information content (AvgIpc) is 2.65. The topological polar surface area (TPSA) is 93.4 Å². The Morgan fingerprint density at radius 1 is 1.00 bits per heavy atom. The van der Waals surface area contributed by atoms with E-state index in [1.807, 2.05) is 30.3 Å². The fraction of sp³-hybridized carbons (Fsp3) is 0.0476. The van der Waals surface area contributed by atoms with Crippen LogP contribution >= 0.6 is 11.6 Å². The van der Waals surface area contributed by atoms with E-state index in [1.54, 1.807) is 12.1 Å². The van der Waals surface area contributed by atoms with Gasteiger partial charge in [0.25, 0.3) is 5.91 Å². The van der Waals surface area contributed by atoms with E-state index in [0.717, 1.165) is 5.56 Å². The quantitative estimate of drug-likeness (QED) is 0.615. The summed E-state index contributed by atoms with van der Waals surface area (Å²) in [5, 5.41) is 32.0. The first kappa shape index (κ1) is 18.3. The molecule has 1 atom stereocenters. The molecule has 1 unspecified atom stereocenters. The van der Waals surface area contributed by atoms with Crippen LogP contribution in [0.1, 0.15) is 27.4 Å². The van der Waals surface area contributed by atoms with E-state index in [1.165, 1.54) is 24.3 Å². The maximum atomic E-state index is 12.3. The molecule has 134 valence electrons. The lowest BCUT2D eigenvalue weighted by molar-refractivity contribution is 0.102. The van der Waals surface area contributed by atoms with Crippen molar-refractivity contribution in [1.82, 2.24) is 0 Å². The molecule has 1 amide bonds. The molecule has 0 aromatic heterocycles. The zero-order chi connectivity index (χ0) is 19.4. The second-order valence-corrected chi connectivity index (χ2v) is 6.24. The van der Waals surface area contributed by atoms with E-state index in [2.05, 4.69) is 11.4 Å². The summed E-state index contributed by atoms with van der Waals surface area (Å²) >= 11 is 6.34. The van der Waals surface area contributed by atoms with Gasteiger partial charge in [-0.05, 0) is 35.4 Å². The number of amides is 1.